The van der Waals surface area contributed by atoms with Crippen LogP contribution in [0.1, 0.15) is 16.4 Å². The summed E-state index contributed by atoms with van der Waals surface area (Å²) >= 11 is 7.49. The largest absolute Gasteiger partial charge is 0.495 e. The Labute approximate surface area is 194 Å². The average molecular weight is 466 g/mol. The molecule has 1 heterocycles. The molecule has 32 heavy (non-hydrogen) atoms. The summed E-state index contributed by atoms with van der Waals surface area (Å²) in [6, 6.07) is 22.4. The first-order chi connectivity index (χ1) is 15.5. The Morgan fingerprint density at radius 3 is 2.62 bits per heavy atom. The molecule has 0 aliphatic carbocycles. The van der Waals surface area contributed by atoms with Crippen LogP contribution in [-0.2, 0) is 4.79 Å². The van der Waals surface area contributed by atoms with Gasteiger partial charge < -0.3 is 10.1 Å². The number of thioether (sulfide) groups is 1. The summed E-state index contributed by atoms with van der Waals surface area (Å²) in [5.41, 5.74) is 3.31. The third kappa shape index (κ3) is 4.92. The number of benzene rings is 3. The van der Waals surface area contributed by atoms with Crippen molar-refractivity contribution in [1.82, 2.24) is 20.2 Å². The molecule has 0 bridgehead atoms. The first kappa shape index (κ1) is 21.9. The number of tetrazole rings is 1. The zero-order valence-electron chi connectivity index (χ0n) is 17.4. The number of hydrogen-bond donors (Lipinski definition) is 1. The van der Waals surface area contributed by atoms with Crippen LogP contribution in [-0.4, -0.2) is 33.2 Å². The Morgan fingerprint density at radius 2 is 1.91 bits per heavy atom. The van der Waals surface area contributed by atoms with E-state index in [0.29, 0.717) is 21.6 Å². The van der Waals surface area contributed by atoms with Crippen molar-refractivity contribution in [1.29, 1.82) is 0 Å². The number of aryl methyl sites for hydroxylation is 1. The second-order valence-electron chi connectivity index (χ2n) is 6.96. The molecular formula is C23H20ClN5O2S. The Hall–Kier alpha value is -3.36. The van der Waals surface area contributed by atoms with Crippen LogP contribution in [0, 0.1) is 6.92 Å². The van der Waals surface area contributed by atoms with Crippen LogP contribution < -0.4 is 10.1 Å². The molecule has 9 heteroatoms. The van der Waals surface area contributed by atoms with E-state index in [1.807, 2.05) is 61.5 Å². The number of nitrogens with one attached hydrogen (secondary N) is 1. The highest BCUT2D eigenvalue weighted by Gasteiger charge is 2.25. The van der Waals surface area contributed by atoms with Crippen molar-refractivity contribution in [2.24, 2.45) is 0 Å². The molecule has 1 unspecified atom stereocenters. The normalized spacial score (nSPS) is 11.7. The number of rotatable bonds is 7. The minimum absolute atomic E-state index is 0.221. The van der Waals surface area contributed by atoms with Crippen molar-refractivity contribution >= 4 is 35.0 Å². The predicted octanol–water partition coefficient (Wildman–Crippen LogP) is 5.10. The number of halogens is 1. The molecule has 0 spiro atoms. The monoisotopic (exact) mass is 465 g/mol. The van der Waals surface area contributed by atoms with Crippen molar-refractivity contribution in [2.45, 2.75) is 17.3 Å². The molecule has 0 aliphatic rings. The minimum Gasteiger partial charge on any atom is -0.495 e. The molecule has 162 valence electrons. The van der Waals surface area contributed by atoms with E-state index in [1.165, 1.54) is 11.8 Å². The van der Waals surface area contributed by atoms with Gasteiger partial charge in [0, 0.05) is 5.69 Å². The first-order valence-corrected chi connectivity index (χ1v) is 11.0. The molecular weight excluding hydrogens is 446 g/mol. The summed E-state index contributed by atoms with van der Waals surface area (Å²) in [6.45, 7) is 2.00. The lowest BCUT2D eigenvalue weighted by molar-refractivity contribution is -0.115. The summed E-state index contributed by atoms with van der Waals surface area (Å²) in [5.74, 6) is 0.317. The molecule has 0 saturated carbocycles. The second kappa shape index (κ2) is 9.84. The van der Waals surface area contributed by atoms with Gasteiger partial charge in [0.05, 0.1) is 17.8 Å². The molecule has 0 fully saturated rings. The van der Waals surface area contributed by atoms with Crippen LogP contribution in [0.15, 0.2) is 78.0 Å². The van der Waals surface area contributed by atoms with Crippen molar-refractivity contribution in [3.63, 3.8) is 0 Å². The van der Waals surface area contributed by atoms with Gasteiger partial charge in [0.25, 0.3) is 0 Å². The number of hydrogen-bond acceptors (Lipinski definition) is 6. The van der Waals surface area contributed by atoms with Gasteiger partial charge in [-0.15, -0.1) is 5.10 Å². The van der Waals surface area contributed by atoms with Gasteiger partial charge in [-0.25, -0.2) is 0 Å². The minimum atomic E-state index is -0.591. The average Bonchev–Trinajstić information content (AvgIpc) is 3.26. The molecule has 7 nitrogen and oxygen atoms in total. The fourth-order valence-corrected chi connectivity index (χ4v) is 4.39. The molecule has 0 saturated heterocycles. The van der Waals surface area contributed by atoms with Gasteiger partial charge in [-0.05, 0) is 58.8 Å². The van der Waals surface area contributed by atoms with Crippen molar-refractivity contribution in [2.75, 3.05) is 12.4 Å². The highest BCUT2D eigenvalue weighted by Crippen LogP contribution is 2.36. The van der Waals surface area contributed by atoms with E-state index < -0.39 is 5.25 Å². The number of aromatic nitrogens is 4. The lowest BCUT2D eigenvalue weighted by Gasteiger charge is -2.17. The zero-order valence-corrected chi connectivity index (χ0v) is 19.0. The smallest absolute Gasteiger partial charge is 0.242 e. The maximum atomic E-state index is 13.3. The van der Waals surface area contributed by atoms with E-state index >= 15 is 0 Å². The van der Waals surface area contributed by atoms with Crippen molar-refractivity contribution in [3.05, 3.63) is 88.9 Å². The SMILES string of the molecule is COc1ccc(NC(=O)C(Sc2nnnn2-c2cccc(C)c2)c2ccccc2)cc1Cl. The van der Waals surface area contributed by atoms with Crippen LogP contribution >= 0.6 is 23.4 Å². The molecule has 1 amide bonds. The van der Waals surface area contributed by atoms with E-state index in [0.717, 1.165) is 16.8 Å². The Kier molecular flexibility index (Phi) is 6.72. The predicted molar refractivity (Wildman–Crippen MR) is 126 cm³/mol. The number of anilines is 1. The lowest BCUT2D eigenvalue weighted by atomic mass is 10.1. The fourth-order valence-electron chi connectivity index (χ4n) is 3.13. The highest BCUT2D eigenvalue weighted by atomic mass is 35.5. The summed E-state index contributed by atoms with van der Waals surface area (Å²) in [7, 11) is 1.54. The molecule has 4 aromatic rings. The van der Waals surface area contributed by atoms with Gasteiger partial charge in [0.1, 0.15) is 11.0 Å². The fraction of sp³-hybridized carbons (Fsp3) is 0.130. The van der Waals surface area contributed by atoms with E-state index in [4.69, 9.17) is 16.3 Å². The number of amides is 1. The molecule has 3 aromatic carbocycles. The highest BCUT2D eigenvalue weighted by molar-refractivity contribution is 8.00. The number of nitrogens with zero attached hydrogens (tertiary/aromatic N) is 4. The lowest BCUT2D eigenvalue weighted by Crippen LogP contribution is -2.19. The van der Waals surface area contributed by atoms with E-state index in [1.54, 1.807) is 30.0 Å². The van der Waals surface area contributed by atoms with Gasteiger partial charge in [0.2, 0.25) is 11.1 Å². The zero-order chi connectivity index (χ0) is 22.5. The van der Waals surface area contributed by atoms with Crippen molar-refractivity contribution < 1.29 is 9.53 Å². The topological polar surface area (TPSA) is 81.9 Å². The van der Waals surface area contributed by atoms with Gasteiger partial charge >= 0.3 is 0 Å². The second-order valence-corrected chi connectivity index (χ2v) is 8.44. The van der Waals surface area contributed by atoms with E-state index in [2.05, 4.69) is 20.8 Å². The number of carbonyl (C=O) groups excluding carboxylic acids is 1. The van der Waals surface area contributed by atoms with Crippen molar-refractivity contribution in [3.8, 4) is 11.4 Å². The third-order valence-electron chi connectivity index (χ3n) is 4.67. The van der Waals surface area contributed by atoms with Gasteiger partial charge in [-0.2, -0.15) is 4.68 Å². The van der Waals surface area contributed by atoms with E-state index in [-0.39, 0.29) is 5.91 Å². The molecule has 0 aliphatic heterocycles. The Morgan fingerprint density at radius 1 is 1.09 bits per heavy atom. The van der Waals surface area contributed by atoms with Gasteiger partial charge in [-0.3, -0.25) is 4.79 Å². The molecule has 0 radical (unpaired) electrons. The summed E-state index contributed by atoms with van der Waals surface area (Å²) in [6.07, 6.45) is 0. The maximum Gasteiger partial charge on any atom is 0.242 e. The Bertz CT molecular complexity index is 1230. The quantitative estimate of drug-likeness (QED) is 0.382. The summed E-state index contributed by atoms with van der Waals surface area (Å²) in [5, 5.41) is 15.4. The van der Waals surface area contributed by atoms with Gasteiger partial charge in [-0.1, -0.05) is 65.8 Å². The molecule has 4 rings (SSSR count). The molecule has 1 aromatic heterocycles. The number of methoxy groups -OCH3 is 1. The van der Waals surface area contributed by atoms with Crippen LogP contribution in [0.5, 0.6) is 5.75 Å². The first-order valence-electron chi connectivity index (χ1n) is 9.76. The van der Waals surface area contributed by atoms with Crippen LogP contribution in [0.3, 0.4) is 0 Å². The van der Waals surface area contributed by atoms with Gasteiger partial charge in [0.15, 0.2) is 0 Å². The summed E-state index contributed by atoms with van der Waals surface area (Å²) in [4.78, 5) is 13.3. The standard InChI is InChI=1S/C23H20ClN5O2S/c1-15-7-6-10-18(13-15)29-23(26-27-28-29)32-21(16-8-4-3-5-9-16)22(30)25-17-11-12-20(31-2)19(24)14-17/h3-14,21H,1-2H3,(H,25,30). The molecule has 1 N–H and O–H groups in total. The number of carbonyl (C=O) groups is 1. The third-order valence-corrected chi connectivity index (χ3v) is 6.15. The molecule has 1 atom stereocenters. The van der Waals surface area contributed by atoms with E-state index in [9.17, 15) is 4.79 Å². The number of ether oxygens (including phenoxy) is 1. The summed E-state index contributed by atoms with van der Waals surface area (Å²) < 4.78 is 6.81. The van der Waals surface area contributed by atoms with Crippen LogP contribution in [0.4, 0.5) is 5.69 Å². The van der Waals surface area contributed by atoms with Crippen LogP contribution in [0.2, 0.25) is 5.02 Å². The Balaban J connectivity index is 1.64. The van der Waals surface area contributed by atoms with Crippen LogP contribution in [0.25, 0.3) is 5.69 Å². The maximum absolute atomic E-state index is 13.3.